The fraction of sp³-hybridized carbons (Fsp3) is 0.917. The van der Waals surface area contributed by atoms with E-state index in [9.17, 15) is 9.90 Å². The predicted octanol–water partition coefficient (Wildman–Crippen LogP) is 2.41. The smallest absolute Gasteiger partial charge is 0.306 e. The summed E-state index contributed by atoms with van der Waals surface area (Å²) in [5.74, 6) is -0.154. The Bertz CT molecular complexity index is 191. The van der Waals surface area contributed by atoms with Crippen LogP contribution in [0.5, 0.6) is 0 Å². The number of aliphatic hydroxyl groups excluding tert-OH is 1. The highest BCUT2D eigenvalue weighted by molar-refractivity contribution is 5.70. The topological polar surface area (TPSA) is 46.5 Å². The van der Waals surface area contributed by atoms with E-state index in [1.807, 2.05) is 0 Å². The third-order valence-corrected chi connectivity index (χ3v) is 2.93. The van der Waals surface area contributed by atoms with Crippen molar-refractivity contribution in [2.45, 2.75) is 70.5 Å². The summed E-state index contributed by atoms with van der Waals surface area (Å²) in [6, 6.07) is 0. The first-order valence-corrected chi connectivity index (χ1v) is 6.11. The zero-order valence-corrected chi connectivity index (χ0v) is 9.58. The summed E-state index contributed by atoms with van der Waals surface area (Å²) < 4.78 is 5.12. The molecule has 1 aliphatic heterocycles. The standard InChI is InChI=1S/C12H22O3/c1-2-3-4-5-7-10(13)11-8-6-9-12(14)15-11/h10-11,13H,2-9H2,1H3/t10-,11-/m1/s1. The van der Waals surface area contributed by atoms with Gasteiger partial charge in [-0.15, -0.1) is 0 Å². The molecule has 3 heteroatoms. The Morgan fingerprint density at radius 3 is 2.93 bits per heavy atom. The Balaban J connectivity index is 2.15. The third kappa shape index (κ3) is 4.65. The van der Waals surface area contributed by atoms with Crippen molar-refractivity contribution in [1.82, 2.24) is 0 Å². The van der Waals surface area contributed by atoms with Crippen molar-refractivity contribution in [3.05, 3.63) is 0 Å². The lowest BCUT2D eigenvalue weighted by Crippen LogP contribution is -2.34. The SMILES string of the molecule is CCCCCC[C@@H](O)[C@H]1CCCC(=O)O1. The van der Waals surface area contributed by atoms with E-state index in [4.69, 9.17) is 4.74 Å². The zero-order valence-electron chi connectivity index (χ0n) is 9.58. The van der Waals surface area contributed by atoms with Crippen molar-refractivity contribution in [3.8, 4) is 0 Å². The molecule has 0 spiro atoms. The van der Waals surface area contributed by atoms with E-state index in [2.05, 4.69) is 6.92 Å². The first-order valence-electron chi connectivity index (χ1n) is 6.11. The number of carbonyl (C=O) groups excluding carboxylic acids is 1. The van der Waals surface area contributed by atoms with Crippen molar-refractivity contribution >= 4 is 5.97 Å². The summed E-state index contributed by atoms with van der Waals surface area (Å²) in [5, 5.41) is 9.81. The largest absolute Gasteiger partial charge is 0.460 e. The Morgan fingerprint density at radius 2 is 2.27 bits per heavy atom. The number of cyclic esters (lactones) is 1. The van der Waals surface area contributed by atoms with E-state index in [0.717, 1.165) is 32.1 Å². The van der Waals surface area contributed by atoms with E-state index in [1.54, 1.807) is 0 Å². The second-order valence-corrected chi connectivity index (χ2v) is 4.34. The molecule has 0 amide bonds. The Kier molecular flexibility index (Phi) is 5.69. The van der Waals surface area contributed by atoms with Crippen LogP contribution in [0.3, 0.4) is 0 Å². The Hall–Kier alpha value is -0.570. The minimum atomic E-state index is -0.453. The average molecular weight is 214 g/mol. The molecule has 0 unspecified atom stereocenters. The third-order valence-electron chi connectivity index (χ3n) is 2.93. The highest BCUT2D eigenvalue weighted by Crippen LogP contribution is 2.20. The Labute approximate surface area is 91.8 Å². The molecule has 0 aromatic carbocycles. The summed E-state index contributed by atoms with van der Waals surface area (Å²) in [7, 11) is 0. The van der Waals surface area contributed by atoms with Crippen molar-refractivity contribution in [2.75, 3.05) is 0 Å². The fourth-order valence-electron chi connectivity index (χ4n) is 1.97. The number of ether oxygens (including phenoxy) is 1. The van der Waals surface area contributed by atoms with Gasteiger partial charge >= 0.3 is 5.97 Å². The summed E-state index contributed by atoms with van der Waals surface area (Å²) in [6.07, 6.45) is 6.87. The zero-order chi connectivity index (χ0) is 11.1. The molecule has 0 bridgehead atoms. The number of esters is 1. The van der Waals surface area contributed by atoms with Gasteiger partial charge in [0.05, 0.1) is 6.10 Å². The number of carbonyl (C=O) groups is 1. The van der Waals surface area contributed by atoms with E-state index >= 15 is 0 Å². The lowest BCUT2D eigenvalue weighted by atomic mass is 9.99. The van der Waals surface area contributed by atoms with Gasteiger partial charge in [0.25, 0.3) is 0 Å². The van der Waals surface area contributed by atoms with Gasteiger partial charge in [0.15, 0.2) is 0 Å². The number of unbranched alkanes of at least 4 members (excludes halogenated alkanes) is 3. The van der Waals surface area contributed by atoms with Crippen LogP contribution in [-0.4, -0.2) is 23.3 Å². The highest BCUT2D eigenvalue weighted by atomic mass is 16.6. The van der Waals surface area contributed by atoms with Crippen LogP contribution >= 0.6 is 0 Å². The number of rotatable bonds is 6. The van der Waals surface area contributed by atoms with Crippen LogP contribution < -0.4 is 0 Å². The van der Waals surface area contributed by atoms with Gasteiger partial charge in [0.2, 0.25) is 0 Å². The lowest BCUT2D eigenvalue weighted by Gasteiger charge is -2.26. The monoisotopic (exact) mass is 214 g/mol. The van der Waals surface area contributed by atoms with Gasteiger partial charge in [-0.2, -0.15) is 0 Å². The molecule has 0 aromatic rings. The van der Waals surface area contributed by atoms with Crippen molar-refractivity contribution in [3.63, 3.8) is 0 Å². The molecule has 0 radical (unpaired) electrons. The molecule has 0 aromatic heterocycles. The van der Waals surface area contributed by atoms with Crippen LogP contribution in [0.2, 0.25) is 0 Å². The quantitative estimate of drug-likeness (QED) is 0.545. The van der Waals surface area contributed by atoms with Crippen LogP contribution in [0.15, 0.2) is 0 Å². The molecule has 3 nitrogen and oxygen atoms in total. The van der Waals surface area contributed by atoms with Crippen molar-refractivity contribution in [2.24, 2.45) is 0 Å². The van der Waals surface area contributed by atoms with E-state index in [-0.39, 0.29) is 12.1 Å². The molecule has 2 atom stereocenters. The Morgan fingerprint density at radius 1 is 1.47 bits per heavy atom. The summed E-state index contributed by atoms with van der Waals surface area (Å²) in [6.45, 7) is 2.17. The van der Waals surface area contributed by atoms with Gasteiger partial charge in [-0.1, -0.05) is 32.6 Å². The van der Waals surface area contributed by atoms with Gasteiger partial charge in [-0.3, -0.25) is 4.79 Å². The molecule has 88 valence electrons. The molecule has 1 fully saturated rings. The van der Waals surface area contributed by atoms with Gasteiger partial charge in [-0.05, 0) is 19.3 Å². The maximum Gasteiger partial charge on any atom is 0.306 e. The van der Waals surface area contributed by atoms with Crippen LogP contribution in [0, 0.1) is 0 Å². The molecule has 1 aliphatic rings. The minimum absolute atomic E-state index is 0.154. The highest BCUT2D eigenvalue weighted by Gasteiger charge is 2.26. The first-order chi connectivity index (χ1) is 7.24. The molecule has 1 N–H and O–H groups in total. The molecule has 0 aliphatic carbocycles. The van der Waals surface area contributed by atoms with Crippen molar-refractivity contribution < 1.29 is 14.6 Å². The first kappa shape index (κ1) is 12.5. The maximum atomic E-state index is 11.0. The summed E-state index contributed by atoms with van der Waals surface area (Å²) in [5.41, 5.74) is 0. The summed E-state index contributed by atoms with van der Waals surface area (Å²) in [4.78, 5) is 11.0. The minimum Gasteiger partial charge on any atom is -0.460 e. The van der Waals surface area contributed by atoms with Crippen LogP contribution in [0.4, 0.5) is 0 Å². The molecular formula is C12H22O3. The van der Waals surface area contributed by atoms with E-state index < -0.39 is 6.10 Å². The average Bonchev–Trinajstić information content (AvgIpc) is 2.24. The second-order valence-electron chi connectivity index (χ2n) is 4.34. The molecular weight excluding hydrogens is 192 g/mol. The normalized spacial score (nSPS) is 23.6. The molecule has 1 rings (SSSR count). The molecule has 15 heavy (non-hydrogen) atoms. The number of aliphatic hydroxyl groups is 1. The molecule has 1 heterocycles. The number of hydrogen-bond donors (Lipinski definition) is 1. The fourth-order valence-corrected chi connectivity index (χ4v) is 1.97. The predicted molar refractivity (Wildman–Crippen MR) is 58.5 cm³/mol. The van der Waals surface area contributed by atoms with Crippen LogP contribution in [0.1, 0.15) is 58.3 Å². The van der Waals surface area contributed by atoms with Gasteiger partial charge in [-0.25, -0.2) is 0 Å². The van der Waals surface area contributed by atoms with Crippen molar-refractivity contribution in [1.29, 1.82) is 0 Å². The van der Waals surface area contributed by atoms with Gasteiger partial charge in [0, 0.05) is 6.42 Å². The lowest BCUT2D eigenvalue weighted by molar-refractivity contribution is -0.161. The van der Waals surface area contributed by atoms with E-state index in [0.29, 0.717) is 6.42 Å². The van der Waals surface area contributed by atoms with Crippen LogP contribution in [0.25, 0.3) is 0 Å². The number of hydrogen-bond acceptors (Lipinski definition) is 3. The van der Waals surface area contributed by atoms with E-state index in [1.165, 1.54) is 12.8 Å². The summed E-state index contributed by atoms with van der Waals surface area (Å²) >= 11 is 0. The molecule has 0 saturated carbocycles. The van der Waals surface area contributed by atoms with Gasteiger partial charge in [0.1, 0.15) is 6.10 Å². The van der Waals surface area contributed by atoms with Crippen LogP contribution in [-0.2, 0) is 9.53 Å². The maximum absolute atomic E-state index is 11.0. The second kappa shape index (κ2) is 6.83. The van der Waals surface area contributed by atoms with Gasteiger partial charge < -0.3 is 9.84 Å². The molecule has 1 saturated heterocycles.